The summed E-state index contributed by atoms with van der Waals surface area (Å²) >= 11 is 0. The van der Waals surface area contributed by atoms with Gasteiger partial charge in [-0.1, -0.05) is 6.07 Å². The van der Waals surface area contributed by atoms with E-state index >= 15 is 0 Å². The van der Waals surface area contributed by atoms with Crippen molar-refractivity contribution in [3.05, 3.63) is 89.1 Å². The maximum Gasteiger partial charge on any atom is 0.274 e. The number of anilines is 3. The molecule has 1 amide bonds. The Balaban J connectivity index is 1.27. The Morgan fingerprint density at radius 3 is 2.29 bits per heavy atom. The minimum absolute atomic E-state index is 0.210. The monoisotopic (exact) mass is 452 g/mol. The van der Waals surface area contributed by atoms with Crippen molar-refractivity contribution in [2.24, 2.45) is 0 Å². The van der Waals surface area contributed by atoms with Crippen molar-refractivity contribution in [2.75, 3.05) is 10.6 Å². The highest BCUT2D eigenvalue weighted by Gasteiger charge is 2.16. The van der Waals surface area contributed by atoms with E-state index in [2.05, 4.69) is 30.9 Å². The largest absolute Gasteiger partial charge is 0.339 e. The van der Waals surface area contributed by atoms with E-state index < -0.39 is 0 Å². The highest BCUT2D eigenvalue weighted by Crippen LogP contribution is 2.20. The maximum atomic E-state index is 12.9. The third-order valence-electron chi connectivity index (χ3n) is 5.86. The zero-order valence-corrected chi connectivity index (χ0v) is 19.4. The van der Waals surface area contributed by atoms with Crippen molar-refractivity contribution in [2.45, 2.75) is 27.7 Å². The molecular weight excluding hydrogens is 428 g/mol. The molecule has 0 bridgehead atoms. The molecule has 0 unspecified atom stereocenters. The number of hydrogen-bond acceptors (Lipinski definition) is 6. The Kier molecular flexibility index (Phi) is 5.29. The summed E-state index contributed by atoms with van der Waals surface area (Å²) in [7, 11) is 0. The molecule has 0 aliphatic carbocycles. The van der Waals surface area contributed by atoms with Crippen LogP contribution in [-0.2, 0) is 0 Å². The lowest BCUT2D eigenvalue weighted by Gasteiger charge is -2.09. The van der Waals surface area contributed by atoms with Crippen LogP contribution in [0.25, 0.3) is 11.5 Å². The molecule has 2 N–H and O–H groups in total. The molecule has 9 nitrogen and oxygen atoms in total. The summed E-state index contributed by atoms with van der Waals surface area (Å²) in [5.41, 5.74) is 6.62. The van der Waals surface area contributed by atoms with Crippen LogP contribution in [0.3, 0.4) is 0 Å². The van der Waals surface area contributed by atoms with Crippen molar-refractivity contribution < 1.29 is 4.79 Å². The Morgan fingerprint density at radius 2 is 1.62 bits per heavy atom. The third-order valence-corrected chi connectivity index (χ3v) is 5.86. The first-order chi connectivity index (χ1) is 16.4. The standard InChI is InChI=1S/C25H24N8O/c1-15-16(2)31-33(18(15)4)23-13-12-21(29-30-23)27-19-8-10-20(11-9-19)28-25(34)24-17(3)26-22-7-5-6-14-32(22)24/h5-14H,1-4H3,(H,27,29)(H,28,34). The summed E-state index contributed by atoms with van der Waals surface area (Å²) in [5, 5.41) is 19.3. The van der Waals surface area contributed by atoms with Gasteiger partial charge in [0.05, 0.1) is 11.4 Å². The van der Waals surface area contributed by atoms with Gasteiger partial charge >= 0.3 is 0 Å². The molecule has 4 aromatic heterocycles. The molecule has 0 aliphatic heterocycles. The molecule has 9 heteroatoms. The molecule has 1 aromatic carbocycles. The first-order valence-corrected chi connectivity index (χ1v) is 10.9. The van der Waals surface area contributed by atoms with Crippen LogP contribution in [0.5, 0.6) is 0 Å². The van der Waals surface area contributed by atoms with E-state index in [1.54, 1.807) is 9.08 Å². The molecule has 0 radical (unpaired) electrons. The van der Waals surface area contributed by atoms with Gasteiger partial charge in [-0.15, -0.1) is 10.2 Å². The predicted molar refractivity (Wildman–Crippen MR) is 131 cm³/mol. The normalized spacial score (nSPS) is 11.1. The average Bonchev–Trinajstić information content (AvgIpc) is 3.31. The van der Waals surface area contributed by atoms with E-state index in [9.17, 15) is 4.79 Å². The summed E-state index contributed by atoms with van der Waals surface area (Å²) in [6.07, 6.45) is 1.83. The number of aromatic nitrogens is 6. The summed E-state index contributed by atoms with van der Waals surface area (Å²) in [6, 6.07) is 16.8. The number of fused-ring (bicyclic) bond motifs is 1. The topological polar surface area (TPSA) is 102 Å². The van der Waals surface area contributed by atoms with Gasteiger partial charge in [-0.2, -0.15) is 5.10 Å². The number of benzene rings is 1. The molecule has 5 rings (SSSR count). The number of carbonyl (C=O) groups excluding carboxylic acids is 1. The number of imidazole rings is 1. The van der Waals surface area contributed by atoms with Gasteiger partial charge in [-0.25, -0.2) is 9.67 Å². The van der Waals surface area contributed by atoms with Gasteiger partial charge in [0, 0.05) is 23.3 Å². The van der Waals surface area contributed by atoms with Gasteiger partial charge in [-0.05, 0) is 81.8 Å². The van der Waals surface area contributed by atoms with Crippen molar-refractivity contribution in [3.63, 3.8) is 0 Å². The SMILES string of the molecule is Cc1nn(-c2ccc(Nc3ccc(NC(=O)c4c(C)nc5ccccn45)cc3)nn2)c(C)c1C. The fraction of sp³-hybridized carbons (Fsp3) is 0.160. The second kappa shape index (κ2) is 8.43. The number of carbonyl (C=O) groups is 1. The number of amides is 1. The second-order valence-electron chi connectivity index (χ2n) is 8.12. The smallest absolute Gasteiger partial charge is 0.274 e. The average molecular weight is 453 g/mol. The predicted octanol–water partition coefficient (Wildman–Crippen LogP) is 4.54. The summed E-state index contributed by atoms with van der Waals surface area (Å²) in [6.45, 7) is 7.87. The number of aryl methyl sites for hydroxylation is 2. The van der Waals surface area contributed by atoms with Crippen molar-refractivity contribution in [1.29, 1.82) is 0 Å². The summed E-state index contributed by atoms with van der Waals surface area (Å²) < 4.78 is 3.58. The molecule has 0 aliphatic rings. The summed E-state index contributed by atoms with van der Waals surface area (Å²) in [4.78, 5) is 17.3. The van der Waals surface area contributed by atoms with Crippen LogP contribution >= 0.6 is 0 Å². The van der Waals surface area contributed by atoms with Gasteiger partial charge in [0.25, 0.3) is 5.91 Å². The van der Waals surface area contributed by atoms with Crippen LogP contribution in [0.1, 0.15) is 33.1 Å². The lowest BCUT2D eigenvalue weighted by molar-refractivity contribution is 0.102. The van der Waals surface area contributed by atoms with Gasteiger partial charge in [0.1, 0.15) is 11.3 Å². The van der Waals surface area contributed by atoms with Crippen LogP contribution < -0.4 is 10.6 Å². The lowest BCUT2D eigenvalue weighted by Crippen LogP contribution is -2.15. The van der Waals surface area contributed by atoms with E-state index in [-0.39, 0.29) is 5.91 Å². The Labute approximate surface area is 196 Å². The zero-order chi connectivity index (χ0) is 23.8. The van der Waals surface area contributed by atoms with E-state index in [0.29, 0.717) is 28.7 Å². The quantitative estimate of drug-likeness (QED) is 0.406. The number of hydrogen-bond donors (Lipinski definition) is 2. The number of nitrogens with zero attached hydrogens (tertiary/aromatic N) is 6. The minimum atomic E-state index is -0.210. The zero-order valence-electron chi connectivity index (χ0n) is 19.4. The van der Waals surface area contributed by atoms with E-state index in [0.717, 1.165) is 28.3 Å². The molecule has 0 saturated carbocycles. The van der Waals surface area contributed by atoms with Gasteiger partial charge < -0.3 is 10.6 Å². The Hall–Kier alpha value is -4.53. The molecule has 0 fully saturated rings. The van der Waals surface area contributed by atoms with Crippen LogP contribution in [0, 0.1) is 27.7 Å². The Bertz CT molecular complexity index is 1500. The summed E-state index contributed by atoms with van der Waals surface area (Å²) in [5.74, 6) is 1.07. The molecular formula is C25H24N8O. The number of pyridine rings is 1. The molecule has 34 heavy (non-hydrogen) atoms. The second-order valence-corrected chi connectivity index (χ2v) is 8.12. The first kappa shape index (κ1) is 21.3. The lowest BCUT2D eigenvalue weighted by atomic mass is 10.2. The van der Waals surface area contributed by atoms with E-state index in [4.69, 9.17) is 0 Å². The Morgan fingerprint density at radius 1 is 0.853 bits per heavy atom. The van der Waals surface area contributed by atoms with Crippen LogP contribution in [0.2, 0.25) is 0 Å². The third kappa shape index (κ3) is 3.88. The van der Waals surface area contributed by atoms with Crippen LogP contribution in [0.4, 0.5) is 17.2 Å². The molecule has 170 valence electrons. The molecule has 0 saturated heterocycles. The van der Waals surface area contributed by atoms with E-state index in [1.807, 2.05) is 88.5 Å². The van der Waals surface area contributed by atoms with Crippen molar-refractivity contribution >= 4 is 28.7 Å². The van der Waals surface area contributed by atoms with Crippen molar-refractivity contribution in [3.8, 4) is 5.82 Å². The highest BCUT2D eigenvalue weighted by molar-refractivity contribution is 6.04. The first-order valence-electron chi connectivity index (χ1n) is 10.9. The van der Waals surface area contributed by atoms with Gasteiger partial charge in [0.2, 0.25) is 0 Å². The fourth-order valence-corrected chi connectivity index (χ4v) is 3.81. The van der Waals surface area contributed by atoms with Gasteiger partial charge in [0.15, 0.2) is 11.6 Å². The fourth-order valence-electron chi connectivity index (χ4n) is 3.81. The molecule has 0 atom stereocenters. The van der Waals surface area contributed by atoms with Crippen LogP contribution in [-0.4, -0.2) is 35.3 Å². The maximum absolute atomic E-state index is 12.9. The molecule has 4 heterocycles. The molecule has 0 spiro atoms. The van der Waals surface area contributed by atoms with Crippen molar-refractivity contribution in [1.82, 2.24) is 29.4 Å². The van der Waals surface area contributed by atoms with Gasteiger partial charge in [-0.3, -0.25) is 9.20 Å². The van der Waals surface area contributed by atoms with Crippen LogP contribution in [0.15, 0.2) is 60.8 Å². The molecule has 5 aromatic rings. The number of rotatable bonds is 5. The highest BCUT2D eigenvalue weighted by atomic mass is 16.2. The number of nitrogens with one attached hydrogen (secondary N) is 2. The van der Waals surface area contributed by atoms with E-state index in [1.165, 1.54) is 0 Å². The minimum Gasteiger partial charge on any atom is -0.339 e.